The van der Waals surface area contributed by atoms with Crippen LogP contribution in [0, 0.1) is 5.92 Å². The number of likely N-dealkylation sites (tertiary alicyclic amines) is 1. The molecule has 1 N–H and O–H groups in total. The predicted octanol–water partition coefficient (Wildman–Crippen LogP) is 1.71. The van der Waals surface area contributed by atoms with Crippen molar-refractivity contribution >= 4 is 36.0 Å². The zero-order valence-corrected chi connectivity index (χ0v) is 15.7. The number of carbonyl (C=O) groups excluding carboxylic acids is 2. The molecule has 5 nitrogen and oxygen atoms in total. The molecule has 0 aromatic carbocycles. The SMILES string of the molecule is CCNCC1CCN(C(=O)C2CSC3(C)CCC(=O)N23)CC1.Cl. The Morgan fingerprint density at radius 2 is 2.09 bits per heavy atom. The highest BCUT2D eigenvalue weighted by atomic mass is 35.5. The van der Waals surface area contributed by atoms with Crippen LogP contribution in [0.4, 0.5) is 0 Å². The first-order valence-corrected chi connectivity index (χ1v) is 9.49. The van der Waals surface area contributed by atoms with E-state index in [1.54, 1.807) is 11.8 Å². The van der Waals surface area contributed by atoms with E-state index in [2.05, 4.69) is 19.2 Å². The molecule has 23 heavy (non-hydrogen) atoms. The van der Waals surface area contributed by atoms with Crippen LogP contribution in [0.25, 0.3) is 0 Å². The van der Waals surface area contributed by atoms with Crippen molar-refractivity contribution in [2.24, 2.45) is 5.92 Å². The Kier molecular flexibility index (Phi) is 6.25. The minimum atomic E-state index is -0.227. The lowest BCUT2D eigenvalue weighted by Crippen LogP contribution is -2.53. The second-order valence-corrected chi connectivity index (χ2v) is 8.34. The number of amides is 2. The summed E-state index contributed by atoms with van der Waals surface area (Å²) in [5.41, 5.74) is 0. The van der Waals surface area contributed by atoms with Crippen molar-refractivity contribution in [1.29, 1.82) is 0 Å². The lowest BCUT2D eigenvalue weighted by Gasteiger charge is -2.36. The lowest BCUT2D eigenvalue weighted by atomic mass is 9.96. The van der Waals surface area contributed by atoms with E-state index < -0.39 is 0 Å². The molecule has 0 radical (unpaired) electrons. The fourth-order valence-electron chi connectivity index (χ4n) is 3.92. The monoisotopic (exact) mass is 361 g/mol. The second-order valence-electron chi connectivity index (χ2n) is 6.84. The molecule has 2 atom stereocenters. The van der Waals surface area contributed by atoms with E-state index in [9.17, 15) is 9.59 Å². The molecule has 3 aliphatic heterocycles. The van der Waals surface area contributed by atoms with Crippen LogP contribution in [-0.4, -0.2) is 64.5 Å². The number of hydrogen-bond acceptors (Lipinski definition) is 4. The maximum atomic E-state index is 12.9. The smallest absolute Gasteiger partial charge is 0.246 e. The first-order valence-electron chi connectivity index (χ1n) is 8.51. The van der Waals surface area contributed by atoms with Crippen molar-refractivity contribution in [3.63, 3.8) is 0 Å². The Hall–Kier alpha value is -0.460. The van der Waals surface area contributed by atoms with Gasteiger partial charge in [-0.2, -0.15) is 0 Å². The first-order chi connectivity index (χ1) is 10.5. The molecule has 3 fully saturated rings. The Bertz CT molecular complexity index is 457. The summed E-state index contributed by atoms with van der Waals surface area (Å²) in [5.74, 6) is 1.78. The minimum Gasteiger partial charge on any atom is -0.341 e. The van der Waals surface area contributed by atoms with E-state index in [4.69, 9.17) is 0 Å². The molecule has 2 amide bonds. The summed E-state index contributed by atoms with van der Waals surface area (Å²) in [5, 5.41) is 3.40. The maximum absolute atomic E-state index is 12.9. The van der Waals surface area contributed by atoms with Gasteiger partial charge in [-0.05, 0) is 45.2 Å². The molecule has 0 bridgehead atoms. The van der Waals surface area contributed by atoms with Gasteiger partial charge in [-0.15, -0.1) is 24.2 Å². The Balaban J connectivity index is 0.00000192. The van der Waals surface area contributed by atoms with Crippen LogP contribution in [0.2, 0.25) is 0 Å². The molecule has 3 aliphatic rings. The fraction of sp³-hybridized carbons (Fsp3) is 0.875. The highest BCUT2D eigenvalue weighted by Gasteiger charge is 2.53. The van der Waals surface area contributed by atoms with E-state index in [1.165, 1.54) is 0 Å². The van der Waals surface area contributed by atoms with Gasteiger partial charge < -0.3 is 15.1 Å². The summed E-state index contributed by atoms with van der Waals surface area (Å²) < 4.78 is 0. The third-order valence-corrected chi connectivity index (χ3v) is 6.84. The van der Waals surface area contributed by atoms with Crippen molar-refractivity contribution < 1.29 is 9.59 Å². The number of halogens is 1. The maximum Gasteiger partial charge on any atom is 0.246 e. The van der Waals surface area contributed by atoms with Gasteiger partial charge in [0.15, 0.2) is 0 Å². The zero-order chi connectivity index (χ0) is 15.7. The van der Waals surface area contributed by atoms with Crippen LogP contribution in [0.5, 0.6) is 0 Å². The average Bonchev–Trinajstić information content (AvgIpc) is 3.02. The van der Waals surface area contributed by atoms with Gasteiger partial charge in [0.25, 0.3) is 0 Å². The summed E-state index contributed by atoms with van der Waals surface area (Å²) in [7, 11) is 0. The molecule has 3 rings (SSSR count). The standard InChI is InChI=1S/C16H27N3O2S.ClH/c1-3-17-10-12-5-8-18(9-6-12)15(21)13-11-22-16(2)7-4-14(20)19(13)16;/h12-13,17H,3-11H2,1-2H3;1H. The Labute approximate surface area is 149 Å². The van der Waals surface area contributed by atoms with Crippen LogP contribution >= 0.6 is 24.2 Å². The largest absolute Gasteiger partial charge is 0.341 e. The molecular formula is C16H28ClN3O2S. The van der Waals surface area contributed by atoms with E-state index in [1.807, 2.05) is 9.80 Å². The van der Waals surface area contributed by atoms with E-state index in [0.717, 1.165) is 51.2 Å². The summed E-state index contributed by atoms with van der Waals surface area (Å²) in [6, 6.07) is -0.227. The number of hydrogen-bond donors (Lipinski definition) is 1. The molecular weight excluding hydrogens is 334 g/mol. The molecule has 0 aromatic heterocycles. The number of nitrogens with one attached hydrogen (secondary N) is 1. The Morgan fingerprint density at radius 3 is 2.74 bits per heavy atom. The number of thioether (sulfide) groups is 1. The average molecular weight is 362 g/mol. The summed E-state index contributed by atoms with van der Waals surface area (Å²) in [6.45, 7) is 7.98. The molecule has 3 heterocycles. The van der Waals surface area contributed by atoms with Gasteiger partial charge in [0.05, 0.1) is 4.87 Å². The quantitative estimate of drug-likeness (QED) is 0.828. The van der Waals surface area contributed by atoms with Crippen molar-refractivity contribution in [3.05, 3.63) is 0 Å². The summed E-state index contributed by atoms with van der Waals surface area (Å²) in [6.07, 6.45) is 3.62. The number of piperidine rings is 1. The van der Waals surface area contributed by atoms with Gasteiger partial charge in [0, 0.05) is 25.3 Å². The summed E-state index contributed by atoms with van der Waals surface area (Å²) in [4.78, 5) is 28.7. The van der Waals surface area contributed by atoms with Gasteiger partial charge in [-0.3, -0.25) is 9.59 Å². The highest BCUT2D eigenvalue weighted by Crippen LogP contribution is 2.47. The van der Waals surface area contributed by atoms with Crippen molar-refractivity contribution in [2.45, 2.75) is 50.4 Å². The van der Waals surface area contributed by atoms with Crippen LogP contribution < -0.4 is 5.32 Å². The number of carbonyl (C=O) groups is 2. The molecule has 0 spiro atoms. The predicted molar refractivity (Wildman–Crippen MR) is 95.8 cm³/mol. The number of fused-ring (bicyclic) bond motifs is 1. The van der Waals surface area contributed by atoms with Crippen LogP contribution in [0.15, 0.2) is 0 Å². The lowest BCUT2D eigenvalue weighted by molar-refractivity contribution is -0.144. The normalized spacial score (nSPS) is 31.2. The molecule has 0 aliphatic carbocycles. The van der Waals surface area contributed by atoms with Gasteiger partial charge >= 0.3 is 0 Å². The second kappa shape index (κ2) is 7.62. The van der Waals surface area contributed by atoms with E-state index in [-0.39, 0.29) is 35.1 Å². The van der Waals surface area contributed by atoms with Crippen molar-refractivity contribution in [1.82, 2.24) is 15.1 Å². The van der Waals surface area contributed by atoms with Crippen LogP contribution in [0.3, 0.4) is 0 Å². The number of rotatable bonds is 4. The molecule has 7 heteroatoms. The van der Waals surface area contributed by atoms with E-state index >= 15 is 0 Å². The molecule has 0 saturated carbocycles. The fourth-order valence-corrected chi connectivity index (χ4v) is 5.34. The first kappa shape index (κ1) is 18.9. The molecule has 132 valence electrons. The van der Waals surface area contributed by atoms with Crippen molar-refractivity contribution in [3.8, 4) is 0 Å². The highest BCUT2D eigenvalue weighted by molar-refractivity contribution is 8.01. The molecule has 0 aromatic rings. The van der Waals surface area contributed by atoms with Crippen molar-refractivity contribution in [2.75, 3.05) is 31.9 Å². The number of nitrogens with zero attached hydrogens (tertiary/aromatic N) is 2. The van der Waals surface area contributed by atoms with Crippen LogP contribution in [0.1, 0.15) is 39.5 Å². The van der Waals surface area contributed by atoms with Gasteiger partial charge in [0.1, 0.15) is 6.04 Å². The van der Waals surface area contributed by atoms with Gasteiger partial charge in [0.2, 0.25) is 11.8 Å². The van der Waals surface area contributed by atoms with Gasteiger partial charge in [-0.25, -0.2) is 0 Å². The van der Waals surface area contributed by atoms with Crippen LogP contribution in [-0.2, 0) is 9.59 Å². The van der Waals surface area contributed by atoms with Gasteiger partial charge in [-0.1, -0.05) is 6.92 Å². The third kappa shape index (κ3) is 3.64. The Morgan fingerprint density at radius 1 is 1.39 bits per heavy atom. The summed E-state index contributed by atoms with van der Waals surface area (Å²) >= 11 is 1.78. The topological polar surface area (TPSA) is 52.7 Å². The third-order valence-electron chi connectivity index (χ3n) is 5.34. The minimum absolute atomic E-state index is 0. The molecule has 2 unspecified atom stereocenters. The zero-order valence-electron chi connectivity index (χ0n) is 14.0. The molecule has 3 saturated heterocycles. The van der Waals surface area contributed by atoms with E-state index in [0.29, 0.717) is 12.3 Å².